The summed E-state index contributed by atoms with van der Waals surface area (Å²) < 4.78 is 19.2. The number of morpholine rings is 1. The van der Waals surface area contributed by atoms with Gasteiger partial charge in [-0.15, -0.1) is 0 Å². The molecule has 1 saturated heterocycles. The van der Waals surface area contributed by atoms with Crippen LogP contribution in [0.4, 0.5) is 10.1 Å². The molecule has 1 N–H and O–H groups in total. The van der Waals surface area contributed by atoms with Gasteiger partial charge in [-0.1, -0.05) is 17.7 Å². The van der Waals surface area contributed by atoms with Crippen LogP contribution in [0.5, 0.6) is 0 Å². The van der Waals surface area contributed by atoms with Crippen LogP contribution in [0, 0.1) is 5.82 Å². The summed E-state index contributed by atoms with van der Waals surface area (Å²) in [6, 6.07) is 4.93. The molecule has 1 aliphatic rings. The second-order valence-electron chi connectivity index (χ2n) is 4.24. The highest BCUT2D eigenvalue weighted by molar-refractivity contribution is 6.31. The van der Waals surface area contributed by atoms with E-state index in [1.807, 2.05) is 0 Å². The fourth-order valence-corrected chi connectivity index (χ4v) is 2.03. The van der Waals surface area contributed by atoms with E-state index in [0.29, 0.717) is 12.2 Å². The first kappa shape index (κ1) is 12.6. The summed E-state index contributed by atoms with van der Waals surface area (Å²) in [7, 11) is 2.05. The molecular weight excluding hydrogens is 243 g/mol. The van der Waals surface area contributed by atoms with Crippen molar-refractivity contribution in [2.45, 2.75) is 6.10 Å². The highest BCUT2D eigenvalue weighted by Crippen LogP contribution is 2.22. The van der Waals surface area contributed by atoms with E-state index >= 15 is 0 Å². The van der Waals surface area contributed by atoms with E-state index < -0.39 is 5.82 Å². The van der Waals surface area contributed by atoms with Gasteiger partial charge >= 0.3 is 0 Å². The second-order valence-corrected chi connectivity index (χ2v) is 4.64. The maximum atomic E-state index is 13.6. The van der Waals surface area contributed by atoms with E-state index in [0.717, 1.165) is 19.7 Å². The van der Waals surface area contributed by atoms with Gasteiger partial charge in [-0.3, -0.25) is 0 Å². The molecule has 1 fully saturated rings. The fourth-order valence-electron chi connectivity index (χ4n) is 1.85. The molecule has 1 atom stereocenters. The van der Waals surface area contributed by atoms with Gasteiger partial charge in [0.15, 0.2) is 5.82 Å². The van der Waals surface area contributed by atoms with Gasteiger partial charge in [0.2, 0.25) is 0 Å². The molecule has 1 unspecified atom stereocenters. The first-order valence-electron chi connectivity index (χ1n) is 5.65. The van der Waals surface area contributed by atoms with Crippen LogP contribution in [0.1, 0.15) is 0 Å². The van der Waals surface area contributed by atoms with Crippen LogP contribution in [0.25, 0.3) is 0 Å². The SMILES string of the molecule is CN1CCOC(CNc2cccc(Cl)c2F)C1. The average molecular weight is 259 g/mol. The number of rotatable bonds is 3. The molecule has 0 aliphatic carbocycles. The molecule has 94 valence electrons. The number of benzene rings is 1. The predicted octanol–water partition coefficient (Wildman–Crippen LogP) is 2.22. The Morgan fingerprint density at radius 2 is 2.41 bits per heavy atom. The first-order valence-corrected chi connectivity index (χ1v) is 6.02. The third-order valence-electron chi connectivity index (χ3n) is 2.81. The van der Waals surface area contributed by atoms with Gasteiger partial charge in [-0.2, -0.15) is 0 Å². The van der Waals surface area contributed by atoms with Crippen molar-refractivity contribution in [1.82, 2.24) is 4.90 Å². The van der Waals surface area contributed by atoms with Crippen molar-refractivity contribution in [1.29, 1.82) is 0 Å². The lowest BCUT2D eigenvalue weighted by Crippen LogP contribution is -2.43. The van der Waals surface area contributed by atoms with Crippen LogP contribution in [0.3, 0.4) is 0 Å². The van der Waals surface area contributed by atoms with E-state index in [1.54, 1.807) is 12.1 Å². The molecule has 1 aliphatic heterocycles. The summed E-state index contributed by atoms with van der Waals surface area (Å²) in [6.07, 6.45) is 0.0899. The van der Waals surface area contributed by atoms with Crippen molar-refractivity contribution in [3.63, 3.8) is 0 Å². The molecule has 0 saturated carbocycles. The average Bonchev–Trinajstić information content (AvgIpc) is 2.31. The van der Waals surface area contributed by atoms with Gasteiger partial charge in [0, 0.05) is 19.6 Å². The van der Waals surface area contributed by atoms with E-state index in [9.17, 15) is 4.39 Å². The molecule has 5 heteroatoms. The number of ether oxygens (including phenoxy) is 1. The van der Waals surface area contributed by atoms with Crippen molar-refractivity contribution in [3.8, 4) is 0 Å². The minimum Gasteiger partial charge on any atom is -0.380 e. The number of anilines is 1. The van der Waals surface area contributed by atoms with Crippen LogP contribution < -0.4 is 5.32 Å². The van der Waals surface area contributed by atoms with Crippen molar-refractivity contribution in [2.75, 3.05) is 38.6 Å². The Labute approximate surface area is 106 Å². The molecule has 0 radical (unpaired) electrons. The van der Waals surface area contributed by atoms with Crippen molar-refractivity contribution in [2.24, 2.45) is 0 Å². The standard InChI is InChI=1S/C12H16ClFN2O/c1-16-5-6-17-9(8-16)7-15-11-4-2-3-10(13)12(11)14/h2-4,9,15H,5-8H2,1H3. The van der Waals surface area contributed by atoms with Crippen molar-refractivity contribution >= 4 is 17.3 Å². The number of nitrogens with one attached hydrogen (secondary N) is 1. The lowest BCUT2D eigenvalue weighted by Gasteiger charge is -2.30. The molecule has 3 nitrogen and oxygen atoms in total. The lowest BCUT2D eigenvalue weighted by atomic mass is 10.2. The van der Waals surface area contributed by atoms with Gasteiger partial charge in [0.05, 0.1) is 23.4 Å². The third-order valence-corrected chi connectivity index (χ3v) is 3.11. The third kappa shape index (κ3) is 3.31. The molecule has 17 heavy (non-hydrogen) atoms. The maximum absolute atomic E-state index is 13.6. The zero-order chi connectivity index (χ0) is 12.3. The van der Waals surface area contributed by atoms with E-state index in [1.165, 1.54) is 6.07 Å². The van der Waals surface area contributed by atoms with E-state index in [4.69, 9.17) is 16.3 Å². The summed E-state index contributed by atoms with van der Waals surface area (Å²) in [5.41, 5.74) is 0.425. The molecule has 1 aromatic carbocycles. The van der Waals surface area contributed by atoms with Gasteiger partial charge in [-0.05, 0) is 19.2 Å². The zero-order valence-corrected chi connectivity index (χ0v) is 10.5. The lowest BCUT2D eigenvalue weighted by molar-refractivity contribution is -0.0117. The molecule has 1 heterocycles. The number of likely N-dealkylation sites (N-methyl/N-ethyl adjacent to an activating group) is 1. The smallest absolute Gasteiger partial charge is 0.164 e. The van der Waals surface area contributed by atoms with E-state index in [2.05, 4.69) is 17.3 Å². The zero-order valence-electron chi connectivity index (χ0n) is 9.75. The Bertz CT molecular complexity index is 389. The van der Waals surface area contributed by atoms with Gasteiger partial charge in [0.1, 0.15) is 0 Å². The van der Waals surface area contributed by atoms with Crippen molar-refractivity contribution < 1.29 is 9.13 Å². The van der Waals surface area contributed by atoms with E-state index in [-0.39, 0.29) is 11.1 Å². The normalized spacial score (nSPS) is 21.5. The van der Waals surface area contributed by atoms with Crippen LogP contribution in [0.2, 0.25) is 5.02 Å². The monoisotopic (exact) mass is 258 g/mol. The number of hydrogen-bond donors (Lipinski definition) is 1. The quantitative estimate of drug-likeness (QED) is 0.900. The summed E-state index contributed by atoms with van der Waals surface area (Å²) in [6.45, 7) is 3.11. The summed E-state index contributed by atoms with van der Waals surface area (Å²) in [5, 5.41) is 3.17. The Kier molecular flexibility index (Phi) is 4.20. The molecular formula is C12H16ClFN2O. The van der Waals surface area contributed by atoms with Crippen LogP contribution in [0.15, 0.2) is 18.2 Å². The summed E-state index contributed by atoms with van der Waals surface area (Å²) >= 11 is 5.70. The summed E-state index contributed by atoms with van der Waals surface area (Å²) in [4.78, 5) is 2.20. The van der Waals surface area contributed by atoms with Gasteiger partial charge in [-0.25, -0.2) is 4.39 Å². The van der Waals surface area contributed by atoms with Crippen LogP contribution in [-0.4, -0.2) is 44.3 Å². The molecule has 0 amide bonds. The van der Waals surface area contributed by atoms with Crippen LogP contribution >= 0.6 is 11.6 Å². The molecule has 1 aromatic rings. The predicted molar refractivity (Wildman–Crippen MR) is 67.1 cm³/mol. The second kappa shape index (κ2) is 5.67. The molecule has 0 aromatic heterocycles. The fraction of sp³-hybridized carbons (Fsp3) is 0.500. The Morgan fingerprint density at radius 3 is 3.18 bits per heavy atom. The minimum absolute atomic E-state index is 0.0899. The number of nitrogens with zero attached hydrogens (tertiary/aromatic N) is 1. The van der Waals surface area contributed by atoms with Gasteiger partial charge < -0.3 is 15.0 Å². The maximum Gasteiger partial charge on any atom is 0.164 e. The minimum atomic E-state index is -0.404. The Hall–Kier alpha value is -0.840. The van der Waals surface area contributed by atoms with Crippen molar-refractivity contribution in [3.05, 3.63) is 29.0 Å². The molecule has 0 bridgehead atoms. The summed E-state index contributed by atoms with van der Waals surface area (Å²) in [5.74, 6) is -0.404. The van der Waals surface area contributed by atoms with Crippen LogP contribution in [-0.2, 0) is 4.74 Å². The highest BCUT2D eigenvalue weighted by Gasteiger charge is 2.17. The molecule has 0 spiro atoms. The number of halogens is 2. The number of hydrogen-bond acceptors (Lipinski definition) is 3. The van der Waals surface area contributed by atoms with Gasteiger partial charge in [0.25, 0.3) is 0 Å². The topological polar surface area (TPSA) is 24.5 Å². The Balaban J connectivity index is 1.91. The Morgan fingerprint density at radius 1 is 1.59 bits per heavy atom. The molecule has 2 rings (SSSR count). The largest absolute Gasteiger partial charge is 0.380 e. The highest BCUT2D eigenvalue weighted by atomic mass is 35.5. The first-order chi connectivity index (χ1) is 8.16.